The van der Waals surface area contributed by atoms with Crippen LogP contribution in [-0.2, 0) is 7.05 Å². The Balaban J connectivity index is 2.06. The minimum Gasteiger partial charge on any atom is -0.512 e. The van der Waals surface area contributed by atoms with Crippen LogP contribution in [-0.4, -0.2) is 51.4 Å². The van der Waals surface area contributed by atoms with E-state index in [1.165, 1.54) is 11.5 Å². The minimum atomic E-state index is -3.08. The first-order chi connectivity index (χ1) is 15.6. The number of nitrogens with zero attached hydrogens (tertiary/aromatic N) is 4. The molecule has 170 valence electrons. The Morgan fingerprint density at radius 3 is 2.30 bits per heavy atom. The maximum Gasteiger partial charge on any atom is 0.301 e. The van der Waals surface area contributed by atoms with Crippen molar-refractivity contribution in [3.8, 4) is 11.1 Å². The van der Waals surface area contributed by atoms with Crippen LogP contribution < -0.4 is 0 Å². The summed E-state index contributed by atoms with van der Waals surface area (Å²) in [4.78, 5) is 4.59. The van der Waals surface area contributed by atoms with Gasteiger partial charge in [0.2, 0.25) is 0 Å². The summed E-state index contributed by atoms with van der Waals surface area (Å²) in [5, 5.41) is 53.5. The zero-order valence-electron chi connectivity index (χ0n) is 18.4. The van der Waals surface area contributed by atoms with Gasteiger partial charge in [0.25, 0.3) is 0 Å². The van der Waals surface area contributed by atoms with Gasteiger partial charge in [0, 0.05) is 53.6 Å². The molecule has 5 N–H and O–H groups in total. The van der Waals surface area contributed by atoms with E-state index in [0.29, 0.717) is 33.3 Å². The van der Waals surface area contributed by atoms with Crippen molar-refractivity contribution in [3.63, 3.8) is 0 Å². The Bertz CT molecular complexity index is 1360. The molecular formula is C24H25N5O4. The number of aliphatic hydroxyl groups excluding tert-OH is 1. The lowest BCUT2D eigenvalue weighted by molar-refractivity contribution is -0.328. The summed E-state index contributed by atoms with van der Waals surface area (Å²) in [5.74, 6) is -3.12. The van der Waals surface area contributed by atoms with E-state index in [-0.39, 0.29) is 11.5 Å². The van der Waals surface area contributed by atoms with Gasteiger partial charge in [-0.25, -0.2) is 0 Å². The van der Waals surface area contributed by atoms with E-state index in [2.05, 4.69) is 10.1 Å². The third-order valence-electron chi connectivity index (χ3n) is 5.47. The molecule has 0 spiro atoms. The van der Waals surface area contributed by atoms with Crippen LogP contribution in [0.1, 0.15) is 31.0 Å². The Hall–Kier alpha value is -3.79. The Morgan fingerprint density at radius 2 is 1.76 bits per heavy atom. The first kappa shape index (κ1) is 22.4. The van der Waals surface area contributed by atoms with E-state index in [1.807, 2.05) is 0 Å². The van der Waals surface area contributed by atoms with Crippen molar-refractivity contribution in [2.24, 2.45) is 7.05 Å². The number of fused-ring (bicyclic) bond motifs is 1. The van der Waals surface area contributed by atoms with Crippen molar-refractivity contribution in [2.45, 2.75) is 25.9 Å². The molecule has 1 atom stereocenters. The van der Waals surface area contributed by atoms with E-state index >= 15 is 0 Å². The summed E-state index contributed by atoms with van der Waals surface area (Å²) >= 11 is 0. The monoisotopic (exact) mass is 447 g/mol. The molecule has 0 saturated heterocycles. The van der Waals surface area contributed by atoms with Crippen LogP contribution in [0.5, 0.6) is 0 Å². The molecule has 0 aliphatic rings. The van der Waals surface area contributed by atoms with Gasteiger partial charge in [0.1, 0.15) is 6.04 Å². The number of aryl methyl sites for hydroxylation is 1. The maximum atomic E-state index is 10.4. The second-order valence-corrected chi connectivity index (χ2v) is 8.03. The lowest BCUT2D eigenvalue weighted by atomic mass is 10.0. The van der Waals surface area contributed by atoms with Gasteiger partial charge in [-0.15, -0.1) is 0 Å². The van der Waals surface area contributed by atoms with Gasteiger partial charge in [0.05, 0.1) is 23.0 Å². The van der Waals surface area contributed by atoms with Gasteiger partial charge in [-0.05, 0) is 25.5 Å². The number of hydrogen-bond acceptors (Lipinski definition) is 7. The van der Waals surface area contributed by atoms with Crippen LogP contribution in [0, 0.1) is 5.41 Å². The van der Waals surface area contributed by atoms with E-state index < -0.39 is 12.0 Å². The summed E-state index contributed by atoms with van der Waals surface area (Å²) in [7, 11) is 1.79. The van der Waals surface area contributed by atoms with Crippen LogP contribution in [0.2, 0.25) is 0 Å². The Labute approximate surface area is 190 Å². The fraction of sp³-hybridized carbons (Fsp3) is 0.208. The lowest BCUT2D eigenvalue weighted by Gasteiger charge is -2.28. The molecule has 33 heavy (non-hydrogen) atoms. The van der Waals surface area contributed by atoms with Crippen molar-refractivity contribution in [2.75, 3.05) is 0 Å². The molecule has 4 rings (SSSR count). The van der Waals surface area contributed by atoms with E-state index in [9.17, 15) is 20.4 Å². The molecule has 0 bridgehead atoms. The second kappa shape index (κ2) is 8.28. The molecule has 0 aliphatic carbocycles. The van der Waals surface area contributed by atoms with Crippen LogP contribution in [0.15, 0.2) is 66.9 Å². The molecule has 3 aromatic heterocycles. The number of aromatic nitrogens is 4. The van der Waals surface area contributed by atoms with Crippen LogP contribution >= 0.6 is 0 Å². The predicted octanol–water partition coefficient (Wildman–Crippen LogP) is 2.99. The van der Waals surface area contributed by atoms with Crippen molar-refractivity contribution >= 4 is 22.3 Å². The van der Waals surface area contributed by atoms with Crippen molar-refractivity contribution in [1.29, 1.82) is 5.41 Å². The highest BCUT2D eigenvalue weighted by Crippen LogP contribution is 2.37. The van der Waals surface area contributed by atoms with Crippen molar-refractivity contribution in [3.05, 3.63) is 78.1 Å². The topological polar surface area (TPSA) is 140 Å². The van der Waals surface area contributed by atoms with Crippen LogP contribution in [0.4, 0.5) is 0 Å². The number of hydrogen-bond donors (Lipinski definition) is 5. The molecule has 0 saturated carbocycles. The molecule has 0 aliphatic heterocycles. The van der Waals surface area contributed by atoms with Gasteiger partial charge in [-0.2, -0.15) is 5.10 Å². The van der Waals surface area contributed by atoms with Gasteiger partial charge < -0.3 is 30.4 Å². The van der Waals surface area contributed by atoms with Gasteiger partial charge >= 0.3 is 5.97 Å². The molecule has 4 aromatic rings. The maximum absolute atomic E-state index is 10.4. The zero-order valence-corrected chi connectivity index (χ0v) is 18.4. The molecule has 1 aromatic carbocycles. The molecule has 9 heteroatoms. The summed E-state index contributed by atoms with van der Waals surface area (Å²) in [5.41, 5.74) is 3.86. The Morgan fingerprint density at radius 1 is 1.06 bits per heavy atom. The normalized spacial score (nSPS) is 13.8. The number of pyridine rings is 1. The summed E-state index contributed by atoms with van der Waals surface area (Å²) in [6.45, 7) is 3.05. The Kier molecular flexibility index (Phi) is 5.62. The van der Waals surface area contributed by atoms with Gasteiger partial charge in [-0.1, -0.05) is 30.3 Å². The lowest BCUT2D eigenvalue weighted by Crippen LogP contribution is -2.39. The van der Waals surface area contributed by atoms with Crippen LogP contribution in [0.25, 0.3) is 27.7 Å². The first-order valence-electron chi connectivity index (χ1n) is 10.2. The largest absolute Gasteiger partial charge is 0.512 e. The fourth-order valence-corrected chi connectivity index (χ4v) is 4.15. The number of nitrogens with one attached hydrogen (secondary N) is 1. The average molecular weight is 447 g/mol. The smallest absolute Gasteiger partial charge is 0.301 e. The van der Waals surface area contributed by atoms with E-state index in [4.69, 9.17) is 5.41 Å². The highest BCUT2D eigenvalue weighted by atomic mass is 16.7. The molecular weight excluding hydrogens is 422 g/mol. The fourth-order valence-electron chi connectivity index (χ4n) is 4.15. The number of allylic oxidation sites excluding steroid dienone is 2. The van der Waals surface area contributed by atoms with Crippen molar-refractivity contribution < 1.29 is 20.4 Å². The quantitative estimate of drug-likeness (QED) is 0.175. The highest BCUT2D eigenvalue weighted by molar-refractivity contribution is 6.22. The third kappa shape index (κ3) is 4.17. The summed E-state index contributed by atoms with van der Waals surface area (Å²) < 4.78 is 3.18. The molecule has 3 heterocycles. The number of rotatable bonds is 6. The predicted molar refractivity (Wildman–Crippen MR) is 125 cm³/mol. The summed E-state index contributed by atoms with van der Waals surface area (Å²) in [6, 6.07) is 9.04. The zero-order chi connectivity index (χ0) is 23.9. The molecule has 0 amide bonds. The molecule has 9 nitrogen and oxygen atoms in total. The van der Waals surface area contributed by atoms with E-state index in [1.54, 1.807) is 79.8 Å². The SMILES string of the molecule is CC(=N)/C(=C(/C)O)c1cnc2c(-c3cnn(C)c3)cn(C(c3ccccc3)C(O)(O)O)c2c1. The molecule has 0 fully saturated rings. The molecule has 0 radical (unpaired) electrons. The van der Waals surface area contributed by atoms with Gasteiger partial charge in [0.15, 0.2) is 0 Å². The first-order valence-corrected chi connectivity index (χ1v) is 10.2. The van der Waals surface area contributed by atoms with Gasteiger partial charge in [-0.3, -0.25) is 9.67 Å². The van der Waals surface area contributed by atoms with E-state index in [0.717, 1.165) is 5.56 Å². The molecule has 1 unspecified atom stereocenters. The summed E-state index contributed by atoms with van der Waals surface area (Å²) in [6.07, 6.45) is 6.71. The third-order valence-corrected chi connectivity index (χ3v) is 5.47. The van der Waals surface area contributed by atoms with Crippen LogP contribution in [0.3, 0.4) is 0 Å². The average Bonchev–Trinajstić information content (AvgIpc) is 3.31. The minimum absolute atomic E-state index is 0.0327. The van der Waals surface area contributed by atoms with Crippen molar-refractivity contribution in [1.82, 2.24) is 19.3 Å². The number of aliphatic hydroxyl groups is 4. The number of benzene rings is 1. The standard InChI is InChI=1S/C24H25N5O4/c1-14(25)21(15(2)30)17-9-20-22(26-10-17)19(18-11-27-28(3)12-18)13-29(20)23(24(31,32)33)16-7-5-4-6-8-16/h4-13,23,25,30-33H,1-3H3/b21-15+,25-14?. The second-order valence-electron chi connectivity index (χ2n) is 8.03. The highest BCUT2D eigenvalue weighted by Gasteiger charge is 2.37.